The largest absolute Gasteiger partial charge is 0.341 e. The number of hydrogen-bond donors (Lipinski definition) is 1. The van der Waals surface area contributed by atoms with Gasteiger partial charge in [0.1, 0.15) is 11.3 Å². The number of carbonyl (C=O) groups is 1. The summed E-state index contributed by atoms with van der Waals surface area (Å²) in [6.45, 7) is 6.03. The van der Waals surface area contributed by atoms with E-state index in [9.17, 15) is 9.18 Å². The number of nitrogens with zero attached hydrogens (tertiary/aromatic N) is 5. The van der Waals surface area contributed by atoms with Crippen LogP contribution >= 0.6 is 0 Å². The Morgan fingerprint density at radius 1 is 1.24 bits per heavy atom. The number of fused-ring (bicyclic) bond motifs is 1. The predicted octanol–water partition coefficient (Wildman–Crippen LogP) is 2.22. The number of hydrogen-bond acceptors (Lipinski definition) is 5. The molecule has 1 atom stereocenters. The van der Waals surface area contributed by atoms with Crippen LogP contribution in [0.5, 0.6) is 0 Å². The van der Waals surface area contributed by atoms with E-state index in [1.807, 2.05) is 18.7 Å². The fraction of sp³-hybridized carbons (Fsp3) is 0.429. The van der Waals surface area contributed by atoms with Gasteiger partial charge < -0.3 is 10.6 Å². The highest BCUT2D eigenvalue weighted by atomic mass is 19.1. The molecule has 1 amide bonds. The summed E-state index contributed by atoms with van der Waals surface area (Å²) in [7, 11) is 0. The Kier molecular flexibility index (Phi) is 5.04. The fourth-order valence-corrected chi connectivity index (χ4v) is 4.03. The third-order valence-corrected chi connectivity index (χ3v) is 5.70. The van der Waals surface area contributed by atoms with Gasteiger partial charge in [0.25, 0.3) is 0 Å². The zero-order valence-corrected chi connectivity index (χ0v) is 16.7. The number of halogens is 1. The van der Waals surface area contributed by atoms with Gasteiger partial charge in [-0.1, -0.05) is 12.1 Å². The predicted molar refractivity (Wildman–Crippen MR) is 108 cm³/mol. The Labute approximate surface area is 168 Å². The van der Waals surface area contributed by atoms with Gasteiger partial charge in [-0.3, -0.25) is 4.79 Å². The lowest BCUT2D eigenvalue weighted by molar-refractivity contribution is -0.135. The lowest BCUT2D eigenvalue weighted by Crippen LogP contribution is -2.42. The van der Waals surface area contributed by atoms with E-state index in [0.29, 0.717) is 26.2 Å². The van der Waals surface area contributed by atoms with Gasteiger partial charge in [-0.2, -0.15) is 5.10 Å². The molecule has 0 unspecified atom stereocenters. The van der Waals surface area contributed by atoms with Crippen LogP contribution < -0.4 is 5.73 Å². The zero-order valence-electron chi connectivity index (χ0n) is 16.7. The highest BCUT2D eigenvalue weighted by Crippen LogP contribution is 2.34. The van der Waals surface area contributed by atoms with Crippen molar-refractivity contribution < 1.29 is 9.18 Å². The van der Waals surface area contributed by atoms with Crippen molar-refractivity contribution in [1.82, 2.24) is 24.6 Å². The molecule has 0 saturated carbocycles. The maximum atomic E-state index is 13.3. The number of nitrogens with two attached hydrogens (primary N) is 1. The Bertz CT molecular complexity index is 1030. The van der Waals surface area contributed by atoms with Gasteiger partial charge in [0, 0.05) is 37.9 Å². The van der Waals surface area contributed by atoms with Crippen molar-refractivity contribution in [1.29, 1.82) is 0 Å². The molecule has 1 aromatic carbocycles. The van der Waals surface area contributed by atoms with Gasteiger partial charge in [0.05, 0.1) is 17.7 Å². The van der Waals surface area contributed by atoms with Gasteiger partial charge >= 0.3 is 0 Å². The van der Waals surface area contributed by atoms with E-state index in [1.165, 1.54) is 12.1 Å². The minimum atomic E-state index is -0.733. The van der Waals surface area contributed by atoms with Crippen molar-refractivity contribution in [3.05, 3.63) is 53.7 Å². The highest BCUT2D eigenvalue weighted by Gasteiger charge is 2.38. The van der Waals surface area contributed by atoms with E-state index < -0.39 is 5.41 Å². The van der Waals surface area contributed by atoms with Crippen molar-refractivity contribution in [3.8, 4) is 0 Å². The topological polar surface area (TPSA) is 89.9 Å². The summed E-state index contributed by atoms with van der Waals surface area (Å²) in [5.74, 6) is -0.177. The number of carbonyl (C=O) groups excluding carboxylic acids is 1. The summed E-state index contributed by atoms with van der Waals surface area (Å²) in [6.07, 6.45) is 4.13. The fourth-order valence-electron chi connectivity index (χ4n) is 4.03. The summed E-state index contributed by atoms with van der Waals surface area (Å²) in [5, 5.41) is 4.72. The molecule has 0 spiro atoms. The van der Waals surface area contributed by atoms with E-state index >= 15 is 0 Å². The molecule has 152 valence electrons. The van der Waals surface area contributed by atoms with Crippen LogP contribution in [-0.4, -0.2) is 50.2 Å². The van der Waals surface area contributed by atoms with Crippen LogP contribution in [0.1, 0.15) is 37.4 Å². The molecule has 8 heteroatoms. The standard InChI is InChI=1S/C21H25FN6O/c1-21(2,15-3-5-16(22)6-4-15)20(29)27-11-7-14(13-27)17-18-19(25-10-9-24-18)28(26-17)12-8-23/h3-6,9-10,14H,7-8,11-13,23H2,1-2H3/t14-/m1/s1. The molecule has 2 N–H and O–H groups in total. The molecule has 0 radical (unpaired) electrons. The summed E-state index contributed by atoms with van der Waals surface area (Å²) < 4.78 is 15.1. The molecule has 4 rings (SSSR count). The molecule has 3 aromatic rings. The van der Waals surface area contributed by atoms with Crippen LogP contribution in [0.25, 0.3) is 11.2 Å². The van der Waals surface area contributed by atoms with Crippen LogP contribution in [0.3, 0.4) is 0 Å². The van der Waals surface area contributed by atoms with E-state index in [2.05, 4.69) is 9.97 Å². The summed E-state index contributed by atoms with van der Waals surface area (Å²) in [4.78, 5) is 24.0. The first-order valence-corrected chi connectivity index (χ1v) is 9.84. The summed E-state index contributed by atoms with van der Waals surface area (Å²) >= 11 is 0. The lowest BCUT2D eigenvalue weighted by atomic mass is 9.83. The van der Waals surface area contributed by atoms with E-state index in [4.69, 9.17) is 10.8 Å². The van der Waals surface area contributed by atoms with Gasteiger partial charge in [0.15, 0.2) is 5.65 Å². The van der Waals surface area contributed by atoms with Gasteiger partial charge in [-0.15, -0.1) is 0 Å². The number of amides is 1. The molecule has 7 nitrogen and oxygen atoms in total. The van der Waals surface area contributed by atoms with Crippen LogP contribution in [-0.2, 0) is 16.8 Å². The average Bonchev–Trinajstić information content (AvgIpc) is 3.33. The van der Waals surface area contributed by atoms with Gasteiger partial charge in [-0.05, 0) is 38.0 Å². The quantitative estimate of drug-likeness (QED) is 0.714. The van der Waals surface area contributed by atoms with Crippen LogP contribution in [0.2, 0.25) is 0 Å². The normalized spacial score (nSPS) is 17.2. The van der Waals surface area contributed by atoms with Crippen molar-refractivity contribution in [2.75, 3.05) is 19.6 Å². The Morgan fingerprint density at radius 3 is 2.69 bits per heavy atom. The smallest absolute Gasteiger partial charge is 0.232 e. The SMILES string of the molecule is CC(C)(C(=O)N1CC[C@@H](c2nn(CCN)c3nccnc23)C1)c1ccc(F)cc1. The molecular formula is C21H25FN6O. The first-order chi connectivity index (χ1) is 13.9. The second-order valence-electron chi connectivity index (χ2n) is 7.99. The second-order valence-corrected chi connectivity index (χ2v) is 7.99. The molecular weight excluding hydrogens is 371 g/mol. The van der Waals surface area contributed by atoms with Crippen LogP contribution in [0.15, 0.2) is 36.7 Å². The van der Waals surface area contributed by atoms with E-state index in [0.717, 1.165) is 28.8 Å². The van der Waals surface area contributed by atoms with Gasteiger partial charge in [-0.25, -0.2) is 19.0 Å². The molecule has 1 fully saturated rings. The molecule has 1 aliphatic heterocycles. The number of aromatic nitrogens is 4. The van der Waals surface area contributed by atoms with E-state index in [1.54, 1.807) is 29.2 Å². The third-order valence-electron chi connectivity index (χ3n) is 5.70. The Balaban J connectivity index is 1.57. The number of rotatable bonds is 5. The zero-order chi connectivity index (χ0) is 20.6. The monoisotopic (exact) mass is 396 g/mol. The minimum absolute atomic E-state index is 0.0309. The average molecular weight is 396 g/mol. The number of likely N-dealkylation sites (tertiary alicyclic amines) is 1. The highest BCUT2D eigenvalue weighted by molar-refractivity contribution is 5.87. The van der Waals surface area contributed by atoms with Crippen molar-refractivity contribution in [2.45, 2.75) is 38.1 Å². The molecule has 1 saturated heterocycles. The molecule has 29 heavy (non-hydrogen) atoms. The first-order valence-electron chi connectivity index (χ1n) is 9.84. The molecule has 1 aliphatic rings. The molecule has 3 heterocycles. The Morgan fingerprint density at radius 2 is 1.97 bits per heavy atom. The Hall–Kier alpha value is -2.87. The maximum absolute atomic E-state index is 13.3. The lowest BCUT2D eigenvalue weighted by Gasteiger charge is -2.29. The molecule has 2 aromatic heterocycles. The van der Waals surface area contributed by atoms with E-state index in [-0.39, 0.29) is 17.6 Å². The molecule has 0 bridgehead atoms. The summed E-state index contributed by atoms with van der Waals surface area (Å²) in [6, 6.07) is 6.15. The van der Waals surface area contributed by atoms with Crippen molar-refractivity contribution in [2.24, 2.45) is 5.73 Å². The molecule has 0 aliphatic carbocycles. The number of benzene rings is 1. The minimum Gasteiger partial charge on any atom is -0.341 e. The van der Waals surface area contributed by atoms with Crippen LogP contribution in [0.4, 0.5) is 4.39 Å². The third kappa shape index (κ3) is 3.48. The van der Waals surface area contributed by atoms with Crippen molar-refractivity contribution >= 4 is 17.1 Å². The summed E-state index contributed by atoms with van der Waals surface area (Å²) in [5.41, 5.74) is 8.15. The van der Waals surface area contributed by atoms with Crippen LogP contribution in [0, 0.1) is 5.82 Å². The maximum Gasteiger partial charge on any atom is 0.232 e. The van der Waals surface area contributed by atoms with Crippen molar-refractivity contribution in [3.63, 3.8) is 0 Å². The first kappa shape index (κ1) is 19.4. The second kappa shape index (κ2) is 7.51. The van der Waals surface area contributed by atoms with Gasteiger partial charge in [0.2, 0.25) is 5.91 Å².